The Morgan fingerprint density at radius 1 is 1.20 bits per heavy atom. The summed E-state index contributed by atoms with van der Waals surface area (Å²) in [6, 6.07) is 9.88. The molecule has 2 amide bonds. The maximum atomic E-state index is 12.1. The van der Waals surface area contributed by atoms with E-state index in [-0.39, 0.29) is 11.6 Å². The van der Waals surface area contributed by atoms with Crippen molar-refractivity contribution in [2.45, 2.75) is 31.2 Å². The number of rotatable bonds is 3. The molecular formula is C14H17N5O. The first-order valence-corrected chi connectivity index (χ1v) is 6.79. The zero-order valence-corrected chi connectivity index (χ0v) is 11.1. The predicted octanol–water partition coefficient (Wildman–Crippen LogP) is 2.40. The van der Waals surface area contributed by atoms with Crippen LogP contribution in [0.5, 0.6) is 0 Å². The van der Waals surface area contributed by atoms with Crippen LogP contribution in [0.4, 0.5) is 10.7 Å². The summed E-state index contributed by atoms with van der Waals surface area (Å²) >= 11 is 0. The van der Waals surface area contributed by atoms with Crippen LogP contribution in [0, 0.1) is 0 Å². The Bertz CT molecular complexity index is 561. The second-order valence-electron chi connectivity index (χ2n) is 5.07. The van der Waals surface area contributed by atoms with Gasteiger partial charge >= 0.3 is 6.03 Å². The molecule has 1 aromatic carbocycles. The van der Waals surface area contributed by atoms with Crippen LogP contribution in [0.15, 0.2) is 36.7 Å². The number of H-pyrrole nitrogens is 1. The van der Waals surface area contributed by atoms with Crippen LogP contribution in [-0.4, -0.2) is 21.2 Å². The molecule has 3 N–H and O–H groups in total. The van der Waals surface area contributed by atoms with Gasteiger partial charge < -0.3 is 5.32 Å². The van der Waals surface area contributed by atoms with Crippen LogP contribution in [0.1, 0.15) is 31.2 Å². The van der Waals surface area contributed by atoms with Crippen molar-refractivity contribution in [1.82, 2.24) is 20.5 Å². The van der Waals surface area contributed by atoms with Crippen molar-refractivity contribution in [1.29, 1.82) is 0 Å². The highest BCUT2D eigenvalue weighted by Gasteiger charge is 2.36. The van der Waals surface area contributed by atoms with Crippen LogP contribution in [0.3, 0.4) is 0 Å². The van der Waals surface area contributed by atoms with E-state index in [1.165, 1.54) is 6.33 Å². The fraction of sp³-hybridized carbons (Fsp3) is 0.357. The fourth-order valence-corrected chi connectivity index (χ4v) is 2.84. The van der Waals surface area contributed by atoms with Gasteiger partial charge in [0.05, 0.1) is 5.54 Å². The Labute approximate surface area is 117 Å². The van der Waals surface area contributed by atoms with Crippen LogP contribution in [-0.2, 0) is 5.54 Å². The molecule has 20 heavy (non-hydrogen) atoms. The van der Waals surface area contributed by atoms with Crippen molar-refractivity contribution in [3.8, 4) is 0 Å². The highest BCUT2D eigenvalue weighted by atomic mass is 16.2. The molecule has 0 bridgehead atoms. The lowest BCUT2D eigenvalue weighted by Gasteiger charge is -2.30. The highest BCUT2D eigenvalue weighted by Crippen LogP contribution is 2.38. The number of hydrogen-bond acceptors (Lipinski definition) is 3. The summed E-state index contributed by atoms with van der Waals surface area (Å²) in [7, 11) is 0. The molecule has 0 atom stereocenters. The lowest BCUT2D eigenvalue weighted by atomic mass is 9.88. The third-order valence-corrected chi connectivity index (χ3v) is 3.78. The first kappa shape index (κ1) is 12.7. The van der Waals surface area contributed by atoms with Gasteiger partial charge in [-0.15, -0.1) is 0 Å². The Hall–Kier alpha value is -2.37. The first-order chi connectivity index (χ1) is 9.78. The number of urea groups is 1. The summed E-state index contributed by atoms with van der Waals surface area (Å²) in [4.78, 5) is 16.0. The summed E-state index contributed by atoms with van der Waals surface area (Å²) in [5.74, 6) is 0.351. The average Bonchev–Trinajstić information content (AvgIpc) is 3.12. The van der Waals surface area contributed by atoms with Gasteiger partial charge in [0.15, 0.2) is 0 Å². The van der Waals surface area contributed by atoms with Crippen molar-refractivity contribution >= 4 is 12.0 Å². The summed E-state index contributed by atoms with van der Waals surface area (Å²) < 4.78 is 0. The van der Waals surface area contributed by atoms with E-state index in [2.05, 4.69) is 37.9 Å². The predicted molar refractivity (Wildman–Crippen MR) is 75.1 cm³/mol. The number of nitrogens with zero attached hydrogens (tertiary/aromatic N) is 2. The van der Waals surface area contributed by atoms with Crippen LogP contribution < -0.4 is 10.6 Å². The van der Waals surface area contributed by atoms with Gasteiger partial charge in [-0.05, 0) is 18.4 Å². The molecule has 1 fully saturated rings. The highest BCUT2D eigenvalue weighted by molar-refractivity contribution is 5.88. The van der Waals surface area contributed by atoms with E-state index in [9.17, 15) is 4.79 Å². The van der Waals surface area contributed by atoms with Crippen LogP contribution in [0.25, 0.3) is 0 Å². The largest absolute Gasteiger partial charge is 0.328 e. The van der Waals surface area contributed by atoms with Gasteiger partial charge in [0.1, 0.15) is 6.33 Å². The minimum atomic E-state index is -0.272. The quantitative estimate of drug-likeness (QED) is 0.801. The van der Waals surface area contributed by atoms with E-state index in [0.717, 1.165) is 31.2 Å². The zero-order chi connectivity index (χ0) is 13.8. The van der Waals surface area contributed by atoms with Gasteiger partial charge in [0.25, 0.3) is 0 Å². The molecule has 6 heteroatoms. The molecule has 1 aromatic heterocycles. The third-order valence-electron chi connectivity index (χ3n) is 3.78. The molecular weight excluding hydrogens is 254 g/mol. The van der Waals surface area contributed by atoms with Crippen molar-refractivity contribution in [3.63, 3.8) is 0 Å². The summed E-state index contributed by atoms with van der Waals surface area (Å²) in [6.45, 7) is 0. The van der Waals surface area contributed by atoms with Crippen LogP contribution >= 0.6 is 0 Å². The molecule has 3 rings (SSSR count). The second-order valence-corrected chi connectivity index (χ2v) is 5.07. The number of carbonyl (C=O) groups is 1. The zero-order valence-electron chi connectivity index (χ0n) is 11.1. The van der Waals surface area contributed by atoms with Gasteiger partial charge in [-0.1, -0.05) is 43.2 Å². The van der Waals surface area contributed by atoms with Crippen molar-refractivity contribution in [2.75, 3.05) is 5.32 Å². The SMILES string of the molecule is O=C(Nc1ncn[nH]1)NC1(c2ccccc2)CCCC1. The van der Waals surface area contributed by atoms with Crippen LogP contribution in [0.2, 0.25) is 0 Å². The number of benzene rings is 1. The van der Waals surface area contributed by atoms with Gasteiger partial charge in [-0.2, -0.15) is 10.1 Å². The minimum absolute atomic E-state index is 0.257. The molecule has 0 radical (unpaired) electrons. The van der Waals surface area contributed by atoms with E-state index in [1.807, 2.05) is 18.2 Å². The smallest absolute Gasteiger partial charge is 0.322 e. The maximum absolute atomic E-state index is 12.1. The summed E-state index contributed by atoms with van der Waals surface area (Å²) in [5, 5.41) is 12.1. The molecule has 6 nitrogen and oxygen atoms in total. The third kappa shape index (κ3) is 2.49. The Balaban J connectivity index is 1.76. The van der Waals surface area contributed by atoms with E-state index in [4.69, 9.17) is 0 Å². The molecule has 104 valence electrons. The number of nitrogens with one attached hydrogen (secondary N) is 3. The molecule has 1 heterocycles. The maximum Gasteiger partial charge on any atom is 0.322 e. The molecule has 0 unspecified atom stereocenters. The number of aromatic nitrogens is 3. The number of hydrogen-bond donors (Lipinski definition) is 3. The standard InChI is InChI=1S/C14H17N5O/c20-13(17-12-15-10-16-19-12)18-14(8-4-5-9-14)11-6-2-1-3-7-11/h1-3,6-7,10H,4-5,8-9H2,(H3,15,16,17,18,19,20). The summed E-state index contributed by atoms with van der Waals surface area (Å²) in [6.07, 6.45) is 5.52. The van der Waals surface area contributed by atoms with Gasteiger partial charge in [-0.25, -0.2) is 9.89 Å². The lowest BCUT2D eigenvalue weighted by molar-refractivity contribution is 0.236. The van der Waals surface area contributed by atoms with E-state index in [0.29, 0.717) is 5.95 Å². The Kier molecular flexibility index (Phi) is 3.37. The Morgan fingerprint density at radius 2 is 1.95 bits per heavy atom. The van der Waals surface area contributed by atoms with Crippen molar-refractivity contribution in [3.05, 3.63) is 42.2 Å². The topological polar surface area (TPSA) is 82.7 Å². The normalized spacial score (nSPS) is 16.8. The molecule has 1 aliphatic rings. The summed E-state index contributed by atoms with van der Waals surface area (Å²) in [5.41, 5.74) is 0.885. The monoisotopic (exact) mass is 271 g/mol. The molecule has 0 spiro atoms. The second kappa shape index (κ2) is 5.32. The van der Waals surface area contributed by atoms with Gasteiger partial charge in [0.2, 0.25) is 5.95 Å². The number of amides is 2. The molecule has 0 saturated heterocycles. The lowest BCUT2D eigenvalue weighted by Crippen LogP contribution is -2.46. The Morgan fingerprint density at radius 3 is 2.60 bits per heavy atom. The average molecular weight is 271 g/mol. The van der Waals surface area contributed by atoms with E-state index < -0.39 is 0 Å². The minimum Gasteiger partial charge on any atom is -0.328 e. The number of anilines is 1. The van der Waals surface area contributed by atoms with E-state index in [1.54, 1.807) is 0 Å². The first-order valence-electron chi connectivity index (χ1n) is 6.79. The van der Waals surface area contributed by atoms with E-state index >= 15 is 0 Å². The number of carbonyl (C=O) groups excluding carboxylic acids is 1. The molecule has 1 saturated carbocycles. The number of aromatic amines is 1. The molecule has 2 aromatic rings. The molecule has 0 aliphatic heterocycles. The van der Waals surface area contributed by atoms with Crippen molar-refractivity contribution in [2.24, 2.45) is 0 Å². The molecule has 1 aliphatic carbocycles. The van der Waals surface area contributed by atoms with Crippen molar-refractivity contribution < 1.29 is 4.79 Å². The fourth-order valence-electron chi connectivity index (χ4n) is 2.84. The van der Waals surface area contributed by atoms with Gasteiger partial charge in [-0.3, -0.25) is 5.32 Å². The van der Waals surface area contributed by atoms with Gasteiger partial charge in [0, 0.05) is 0 Å².